The van der Waals surface area contributed by atoms with E-state index in [-0.39, 0.29) is 5.82 Å². The average molecular weight is 222 g/mol. The molecule has 1 aromatic rings. The van der Waals surface area contributed by atoms with Crippen molar-refractivity contribution in [3.8, 4) is 0 Å². The van der Waals surface area contributed by atoms with Crippen LogP contribution in [0.25, 0.3) is 0 Å². The van der Waals surface area contributed by atoms with Crippen LogP contribution in [0.2, 0.25) is 0 Å². The molecule has 0 amide bonds. The predicted molar refractivity (Wildman–Crippen MR) is 63.9 cm³/mol. The highest BCUT2D eigenvalue weighted by atomic mass is 19.1. The molecule has 1 heterocycles. The summed E-state index contributed by atoms with van der Waals surface area (Å²) in [6.07, 6.45) is 0.910. The molecular weight excluding hydrogens is 203 g/mol. The fraction of sp³-hybridized carbons (Fsp3) is 0.538. The zero-order valence-electron chi connectivity index (χ0n) is 9.89. The number of hydrogen-bond acceptors (Lipinski definition) is 2. The molecule has 0 fully saturated rings. The zero-order chi connectivity index (χ0) is 11.5. The lowest BCUT2D eigenvalue weighted by Gasteiger charge is -2.27. The number of benzene rings is 1. The van der Waals surface area contributed by atoms with Gasteiger partial charge in [0.05, 0.1) is 0 Å². The molecule has 0 saturated carbocycles. The number of nitrogens with one attached hydrogen (secondary N) is 2. The van der Waals surface area contributed by atoms with Crippen molar-refractivity contribution in [1.29, 1.82) is 0 Å². The third kappa shape index (κ3) is 2.80. The maximum atomic E-state index is 13.1. The molecule has 2 N–H and O–H groups in total. The normalized spacial score (nSPS) is 19.9. The van der Waals surface area contributed by atoms with Gasteiger partial charge in [0, 0.05) is 25.2 Å². The van der Waals surface area contributed by atoms with Crippen LogP contribution in [0.4, 0.5) is 4.39 Å². The van der Waals surface area contributed by atoms with Gasteiger partial charge in [-0.1, -0.05) is 19.9 Å². The summed E-state index contributed by atoms with van der Waals surface area (Å²) in [6.45, 7) is 6.06. The Labute approximate surface area is 96.2 Å². The largest absolute Gasteiger partial charge is 0.313 e. The van der Waals surface area contributed by atoms with E-state index in [4.69, 9.17) is 0 Å². The van der Waals surface area contributed by atoms with E-state index in [0.717, 1.165) is 25.1 Å². The molecule has 88 valence electrons. The van der Waals surface area contributed by atoms with E-state index in [2.05, 4.69) is 24.5 Å². The smallest absolute Gasteiger partial charge is 0.123 e. The van der Waals surface area contributed by atoms with Crippen LogP contribution in [-0.2, 0) is 13.0 Å². The number of halogens is 1. The monoisotopic (exact) mass is 222 g/mol. The van der Waals surface area contributed by atoms with Gasteiger partial charge in [0.15, 0.2) is 0 Å². The van der Waals surface area contributed by atoms with E-state index in [1.165, 1.54) is 11.6 Å². The molecule has 0 radical (unpaired) electrons. The lowest BCUT2D eigenvalue weighted by Crippen LogP contribution is -2.44. The second kappa shape index (κ2) is 4.93. The molecule has 1 aliphatic heterocycles. The van der Waals surface area contributed by atoms with Crippen molar-refractivity contribution in [2.45, 2.75) is 38.9 Å². The fourth-order valence-corrected chi connectivity index (χ4v) is 2.07. The van der Waals surface area contributed by atoms with E-state index in [0.29, 0.717) is 12.1 Å². The Bertz CT molecular complexity index is 363. The van der Waals surface area contributed by atoms with Gasteiger partial charge >= 0.3 is 0 Å². The number of fused-ring (bicyclic) bond motifs is 1. The van der Waals surface area contributed by atoms with Gasteiger partial charge in [-0.2, -0.15) is 0 Å². The number of rotatable bonds is 3. The molecule has 1 aliphatic rings. The first kappa shape index (κ1) is 11.6. The van der Waals surface area contributed by atoms with Crippen molar-refractivity contribution >= 4 is 0 Å². The second-order valence-electron chi connectivity index (χ2n) is 4.76. The minimum absolute atomic E-state index is 0.129. The van der Waals surface area contributed by atoms with Crippen LogP contribution < -0.4 is 10.6 Å². The van der Waals surface area contributed by atoms with Crippen LogP contribution in [0, 0.1) is 5.82 Å². The first-order valence-corrected chi connectivity index (χ1v) is 5.89. The van der Waals surface area contributed by atoms with Crippen molar-refractivity contribution in [2.75, 3.05) is 6.54 Å². The van der Waals surface area contributed by atoms with Crippen molar-refractivity contribution in [3.63, 3.8) is 0 Å². The summed E-state index contributed by atoms with van der Waals surface area (Å²) in [7, 11) is 0. The lowest BCUT2D eigenvalue weighted by molar-refractivity contribution is 0.428. The van der Waals surface area contributed by atoms with Crippen LogP contribution in [0.1, 0.15) is 25.0 Å². The van der Waals surface area contributed by atoms with Gasteiger partial charge in [-0.3, -0.25) is 0 Å². The van der Waals surface area contributed by atoms with Crippen LogP contribution in [0.15, 0.2) is 18.2 Å². The maximum absolute atomic E-state index is 13.1. The van der Waals surface area contributed by atoms with Crippen molar-refractivity contribution in [3.05, 3.63) is 35.1 Å². The van der Waals surface area contributed by atoms with Crippen LogP contribution >= 0.6 is 0 Å². The van der Waals surface area contributed by atoms with Gasteiger partial charge in [0.2, 0.25) is 0 Å². The molecule has 0 bridgehead atoms. The standard InChI is InChI=1S/C13H19FN2/c1-9(2)15-8-13-6-11-5-12(14)4-3-10(11)7-16-13/h3-5,9,13,15-16H,6-8H2,1-2H3. The van der Waals surface area contributed by atoms with E-state index in [9.17, 15) is 4.39 Å². The Morgan fingerprint density at radius 3 is 3.00 bits per heavy atom. The quantitative estimate of drug-likeness (QED) is 0.815. The third-order valence-electron chi connectivity index (χ3n) is 2.99. The molecule has 0 spiro atoms. The molecule has 16 heavy (non-hydrogen) atoms. The summed E-state index contributed by atoms with van der Waals surface area (Å²) in [6, 6.07) is 5.99. The molecule has 1 atom stereocenters. The average Bonchev–Trinajstić information content (AvgIpc) is 2.25. The van der Waals surface area contributed by atoms with Gasteiger partial charge in [-0.25, -0.2) is 4.39 Å². The van der Waals surface area contributed by atoms with Gasteiger partial charge in [-0.15, -0.1) is 0 Å². The fourth-order valence-electron chi connectivity index (χ4n) is 2.07. The number of hydrogen-bond donors (Lipinski definition) is 2. The molecule has 0 aliphatic carbocycles. The molecule has 3 heteroatoms. The van der Waals surface area contributed by atoms with E-state index < -0.39 is 0 Å². The molecule has 1 aromatic carbocycles. The molecule has 2 nitrogen and oxygen atoms in total. The first-order chi connectivity index (χ1) is 7.65. The van der Waals surface area contributed by atoms with E-state index >= 15 is 0 Å². The Kier molecular flexibility index (Phi) is 3.56. The Morgan fingerprint density at radius 1 is 1.44 bits per heavy atom. The highest BCUT2D eigenvalue weighted by molar-refractivity contribution is 5.30. The summed E-state index contributed by atoms with van der Waals surface area (Å²) in [4.78, 5) is 0. The molecule has 0 saturated heterocycles. The van der Waals surface area contributed by atoms with E-state index in [1.54, 1.807) is 6.07 Å². The zero-order valence-corrected chi connectivity index (χ0v) is 9.89. The van der Waals surface area contributed by atoms with Gasteiger partial charge in [-0.05, 0) is 29.7 Å². The Morgan fingerprint density at radius 2 is 2.25 bits per heavy atom. The summed E-state index contributed by atoms with van der Waals surface area (Å²) in [5.74, 6) is -0.129. The second-order valence-corrected chi connectivity index (χ2v) is 4.76. The summed E-state index contributed by atoms with van der Waals surface area (Å²) < 4.78 is 13.1. The Balaban J connectivity index is 1.99. The SMILES string of the molecule is CC(C)NCC1Cc2cc(F)ccc2CN1. The third-order valence-corrected chi connectivity index (χ3v) is 2.99. The van der Waals surface area contributed by atoms with Crippen molar-refractivity contribution in [2.24, 2.45) is 0 Å². The lowest BCUT2D eigenvalue weighted by atomic mass is 9.95. The molecule has 1 unspecified atom stereocenters. The summed E-state index contributed by atoms with van der Waals surface area (Å²) in [5.41, 5.74) is 2.37. The van der Waals surface area contributed by atoms with Crippen LogP contribution in [0.3, 0.4) is 0 Å². The van der Waals surface area contributed by atoms with Crippen LogP contribution in [0.5, 0.6) is 0 Å². The van der Waals surface area contributed by atoms with Crippen LogP contribution in [-0.4, -0.2) is 18.6 Å². The predicted octanol–water partition coefficient (Wildman–Crippen LogP) is 1.84. The first-order valence-electron chi connectivity index (χ1n) is 5.89. The molecular formula is C13H19FN2. The van der Waals surface area contributed by atoms with Gasteiger partial charge in [0.1, 0.15) is 5.82 Å². The van der Waals surface area contributed by atoms with Gasteiger partial charge < -0.3 is 10.6 Å². The Hall–Kier alpha value is -0.930. The summed E-state index contributed by atoms with van der Waals surface area (Å²) >= 11 is 0. The topological polar surface area (TPSA) is 24.1 Å². The molecule has 0 aromatic heterocycles. The highest BCUT2D eigenvalue weighted by Crippen LogP contribution is 2.17. The molecule has 2 rings (SSSR count). The minimum atomic E-state index is -0.129. The maximum Gasteiger partial charge on any atom is 0.123 e. The summed E-state index contributed by atoms with van der Waals surface area (Å²) in [5, 5.41) is 6.87. The minimum Gasteiger partial charge on any atom is -0.313 e. The van der Waals surface area contributed by atoms with Crippen molar-refractivity contribution < 1.29 is 4.39 Å². The van der Waals surface area contributed by atoms with Gasteiger partial charge in [0.25, 0.3) is 0 Å². The highest BCUT2D eigenvalue weighted by Gasteiger charge is 2.18. The van der Waals surface area contributed by atoms with Crippen molar-refractivity contribution in [1.82, 2.24) is 10.6 Å². The van der Waals surface area contributed by atoms with E-state index in [1.807, 2.05) is 6.07 Å².